The molecule has 112 valence electrons. The van der Waals surface area contributed by atoms with Crippen LogP contribution in [0.2, 0.25) is 5.02 Å². The van der Waals surface area contributed by atoms with Gasteiger partial charge >= 0.3 is 12.1 Å². The third-order valence-electron chi connectivity index (χ3n) is 2.41. The summed E-state index contributed by atoms with van der Waals surface area (Å²) in [6.45, 7) is -0.672. The summed E-state index contributed by atoms with van der Waals surface area (Å²) in [5.74, 6) is -2.55. The number of aromatic nitrogens is 1. The summed E-state index contributed by atoms with van der Waals surface area (Å²) in [7, 11) is 0. The highest BCUT2D eigenvalue weighted by Crippen LogP contribution is 2.20. The Kier molecular flexibility index (Phi) is 5.04. The monoisotopic (exact) mass is 312 g/mol. The van der Waals surface area contributed by atoms with Crippen molar-refractivity contribution >= 4 is 23.5 Å². The maximum atomic E-state index is 12.4. The highest BCUT2D eigenvalue weighted by Gasteiger charge is 2.35. The van der Waals surface area contributed by atoms with Gasteiger partial charge < -0.3 is 14.6 Å². The first-order valence-electron chi connectivity index (χ1n) is 5.57. The minimum atomic E-state index is -4.68. The number of amides is 1. The van der Waals surface area contributed by atoms with Gasteiger partial charge in [0.05, 0.1) is 5.02 Å². The van der Waals surface area contributed by atoms with Crippen LogP contribution < -0.4 is 0 Å². The molecule has 1 amide bonds. The molecule has 9 heteroatoms. The SMILES string of the molecule is CCn1cc(Cl)cc1C(=O)N(CC(=O)O)CC(F)(F)F. The number of halogens is 4. The van der Waals surface area contributed by atoms with Crippen molar-refractivity contribution in [3.05, 3.63) is 23.0 Å². The number of aryl methyl sites for hydroxylation is 1. The number of carboxylic acids is 1. The number of aliphatic carboxylic acids is 1. The maximum Gasteiger partial charge on any atom is 0.406 e. The number of carbonyl (C=O) groups excluding carboxylic acids is 1. The van der Waals surface area contributed by atoms with E-state index in [9.17, 15) is 22.8 Å². The van der Waals surface area contributed by atoms with Gasteiger partial charge in [-0.1, -0.05) is 11.6 Å². The van der Waals surface area contributed by atoms with Crippen molar-refractivity contribution in [1.82, 2.24) is 9.47 Å². The Morgan fingerprint density at radius 1 is 1.45 bits per heavy atom. The quantitative estimate of drug-likeness (QED) is 0.907. The van der Waals surface area contributed by atoms with Crippen LogP contribution in [0.4, 0.5) is 13.2 Å². The summed E-state index contributed by atoms with van der Waals surface area (Å²) in [6, 6.07) is 1.21. The van der Waals surface area contributed by atoms with Crippen molar-refractivity contribution < 1.29 is 27.9 Å². The molecule has 0 saturated carbocycles. The van der Waals surface area contributed by atoms with Crippen molar-refractivity contribution in [3.63, 3.8) is 0 Å². The van der Waals surface area contributed by atoms with Crippen LogP contribution in [0, 0.1) is 0 Å². The predicted molar refractivity (Wildman–Crippen MR) is 64.7 cm³/mol. The van der Waals surface area contributed by atoms with Gasteiger partial charge in [0.15, 0.2) is 0 Å². The van der Waals surface area contributed by atoms with E-state index < -0.39 is 31.1 Å². The second kappa shape index (κ2) is 6.17. The number of carbonyl (C=O) groups is 2. The molecule has 0 unspecified atom stereocenters. The van der Waals surface area contributed by atoms with E-state index in [1.54, 1.807) is 6.92 Å². The molecular weight excluding hydrogens is 301 g/mol. The fraction of sp³-hybridized carbons (Fsp3) is 0.455. The molecule has 0 aliphatic rings. The first-order chi connectivity index (χ1) is 9.14. The Bertz CT molecular complexity index is 514. The number of alkyl halides is 3. The van der Waals surface area contributed by atoms with Gasteiger partial charge in [0.25, 0.3) is 5.91 Å². The molecule has 0 aromatic carbocycles. The van der Waals surface area contributed by atoms with Gasteiger partial charge in [-0.2, -0.15) is 13.2 Å². The smallest absolute Gasteiger partial charge is 0.406 e. The lowest BCUT2D eigenvalue weighted by molar-refractivity contribution is -0.149. The highest BCUT2D eigenvalue weighted by atomic mass is 35.5. The van der Waals surface area contributed by atoms with Crippen LogP contribution in [0.5, 0.6) is 0 Å². The molecule has 0 radical (unpaired) electrons. The average Bonchev–Trinajstić information content (AvgIpc) is 2.66. The summed E-state index contributed by atoms with van der Waals surface area (Å²) in [6.07, 6.45) is -3.29. The number of carboxylic acid groups (broad SMARTS) is 1. The zero-order valence-electron chi connectivity index (χ0n) is 10.4. The lowest BCUT2D eigenvalue weighted by atomic mass is 10.3. The number of hydrogen-bond donors (Lipinski definition) is 1. The fourth-order valence-corrected chi connectivity index (χ4v) is 1.88. The Hall–Kier alpha value is -1.70. The van der Waals surface area contributed by atoms with Gasteiger partial charge in [-0.3, -0.25) is 9.59 Å². The van der Waals surface area contributed by atoms with Gasteiger partial charge in [-0.25, -0.2) is 0 Å². The summed E-state index contributed by atoms with van der Waals surface area (Å²) in [5, 5.41) is 8.81. The van der Waals surface area contributed by atoms with Crippen molar-refractivity contribution in [1.29, 1.82) is 0 Å². The number of nitrogens with zero attached hydrogens (tertiary/aromatic N) is 2. The van der Waals surface area contributed by atoms with Gasteiger partial charge in [-0.15, -0.1) is 0 Å². The molecule has 20 heavy (non-hydrogen) atoms. The zero-order valence-corrected chi connectivity index (χ0v) is 11.2. The third kappa shape index (κ3) is 4.44. The van der Waals surface area contributed by atoms with Gasteiger partial charge in [-0.05, 0) is 13.0 Å². The van der Waals surface area contributed by atoms with E-state index in [1.807, 2.05) is 0 Å². The van der Waals surface area contributed by atoms with Crippen LogP contribution in [0.3, 0.4) is 0 Å². The van der Waals surface area contributed by atoms with E-state index in [1.165, 1.54) is 16.8 Å². The Labute approximate surface area is 117 Å². The first kappa shape index (κ1) is 16.4. The fourth-order valence-electron chi connectivity index (χ4n) is 1.66. The standard InChI is InChI=1S/C11H12ClF3N2O3/c1-2-16-4-7(12)3-8(16)10(20)17(5-9(18)19)6-11(13,14)15/h3-4H,2,5-6H2,1H3,(H,18,19). The van der Waals surface area contributed by atoms with E-state index in [4.69, 9.17) is 16.7 Å². The minimum absolute atomic E-state index is 0.0806. The van der Waals surface area contributed by atoms with Crippen LogP contribution in [-0.2, 0) is 11.3 Å². The third-order valence-corrected chi connectivity index (χ3v) is 2.61. The summed E-state index contributed by atoms with van der Waals surface area (Å²) >= 11 is 5.70. The second-order valence-corrected chi connectivity index (χ2v) is 4.44. The molecule has 1 heterocycles. The van der Waals surface area contributed by atoms with Crippen LogP contribution in [-0.4, -0.2) is 45.7 Å². The van der Waals surface area contributed by atoms with E-state index in [0.717, 1.165) is 0 Å². The minimum Gasteiger partial charge on any atom is -0.480 e. The summed E-state index contributed by atoms with van der Waals surface area (Å²) in [5.41, 5.74) is -0.0806. The molecule has 5 nitrogen and oxygen atoms in total. The normalized spacial score (nSPS) is 11.4. The van der Waals surface area contributed by atoms with Crippen LogP contribution in [0.15, 0.2) is 12.3 Å². The topological polar surface area (TPSA) is 62.5 Å². The molecule has 0 bridgehead atoms. The molecular formula is C11H12ClF3N2O3. The lowest BCUT2D eigenvalue weighted by Gasteiger charge is -2.22. The molecule has 0 spiro atoms. The van der Waals surface area contributed by atoms with Crippen molar-refractivity contribution in [2.75, 3.05) is 13.1 Å². The summed E-state index contributed by atoms with van der Waals surface area (Å²) < 4.78 is 38.6. The molecule has 0 aliphatic heterocycles. The molecule has 0 atom stereocenters. The summed E-state index contributed by atoms with van der Waals surface area (Å²) in [4.78, 5) is 22.9. The molecule has 1 rings (SSSR count). The molecule has 0 fully saturated rings. The Balaban J connectivity index is 3.05. The lowest BCUT2D eigenvalue weighted by Crippen LogP contribution is -2.42. The molecule has 1 N–H and O–H groups in total. The average molecular weight is 313 g/mol. The van der Waals surface area contributed by atoms with Crippen LogP contribution in [0.1, 0.15) is 17.4 Å². The van der Waals surface area contributed by atoms with Crippen LogP contribution >= 0.6 is 11.6 Å². The molecule has 1 aromatic rings. The van der Waals surface area contributed by atoms with Crippen molar-refractivity contribution in [2.24, 2.45) is 0 Å². The number of hydrogen-bond acceptors (Lipinski definition) is 2. The molecule has 0 aliphatic carbocycles. The van der Waals surface area contributed by atoms with Gasteiger partial charge in [0.2, 0.25) is 0 Å². The van der Waals surface area contributed by atoms with Crippen molar-refractivity contribution in [3.8, 4) is 0 Å². The van der Waals surface area contributed by atoms with Gasteiger partial charge in [0.1, 0.15) is 18.8 Å². The van der Waals surface area contributed by atoms with E-state index in [0.29, 0.717) is 6.54 Å². The van der Waals surface area contributed by atoms with Crippen LogP contribution in [0.25, 0.3) is 0 Å². The second-order valence-electron chi connectivity index (χ2n) is 4.00. The Morgan fingerprint density at radius 3 is 2.50 bits per heavy atom. The first-order valence-corrected chi connectivity index (χ1v) is 5.95. The van der Waals surface area contributed by atoms with Gasteiger partial charge in [0, 0.05) is 12.7 Å². The largest absolute Gasteiger partial charge is 0.480 e. The molecule has 0 saturated heterocycles. The number of rotatable bonds is 5. The Morgan fingerprint density at radius 2 is 2.05 bits per heavy atom. The zero-order chi connectivity index (χ0) is 15.5. The predicted octanol–water partition coefficient (Wildman–Crippen LogP) is 2.25. The van der Waals surface area contributed by atoms with E-state index in [-0.39, 0.29) is 15.6 Å². The van der Waals surface area contributed by atoms with E-state index in [2.05, 4.69) is 0 Å². The van der Waals surface area contributed by atoms with E-state index >= 15 is 0 Å². The highest BCUT2D eigenvalue weighted by molar-refractivity contribution is 6.31. The van der Waals surface area contributed by atoms with Crippen molar-refractivity contribution in [2.45, 2.75) is 19.6 Å². The molecule has 1 aromatic heterocycles. The maximum absolute atomic E-state index is 12.4.